The minimum absolute atomic E-state index is 0.184. The third kappa shape index (κ3) is 5.22. The van der Waals surface area contributed by atoms with Crippen LogP contribution in [0.5, 0.6) is 0 Å². The monoisotopic (exact) mass is 353 g/mol. The van der Waals surface area contributed by atoms with Crippen molar-refractivity contribution in [3.05, 3.63) is 52.9 Å². The van der Waals surface area contributed by atoms with Crippen LogP contribution < -0.4 is 5.32 Å². The lowest BCUT2D eigenvalue weighted by Crippen LogP contribution is -2.24. The van der Waals surface area contributed by atoms with Crippen molar-refractivity contribution in [3.8, 4) is 0 Å². The normalized spacial score (nSPS) is 12.3. The molecular weight excluding hydrogens is 334 g/mol. The molecule has 0 aliphatic carbocycles. The fraction of sp³-hybridized carbons (Fsp3) is 0.353. The zero-order valence-corrected chi connectivity index (χ0v) is 14.7. The molecule has 1 atom stereocenters. The van der Waals surface area contributed by atoms with E-state index in [2.05, 4.69) is 19.2 Å². The Hall–Kier alpha value is -1.59. The second kappa shape index (κ2) is 8.31. The molecule has 2 rings (SSSR count). The van der Waals surface area contributed by atoms with Crippen LogP contribution in [-0.2, 0) is 16.6 Å². The molecule has 23 heavy (non-hydrogen) atoms. The number of nitrogens with one attached hydrogen (secondary N) is 1. The second-order valence-electron chi connectivity index (χ2n) is 5.62. The van der Waals surface area contributed by atoms with Crippen molar-refractivity contribution in [1.82, 2.24) is 5.32 Å². The van der Waals surface area contributed by atoms with Crippen molar-refractivity contribution in [2.75, 3.05) is 6.54 Å². The van der Waals surface area contributed by atoms with Crippen LogP contribution in [0.3, 0.4) is 0 Å². The van der Waals surface area contributed by atoms with Crippen molar-refractivity contribution in [2.45, 2.75) is 30.9 Å². The van der Waals surface area contributed by atoms with Gasteiger partial charge in [-0.2, -0.15) is 0 Å². The van der Waals surface area contributed by atoms with Gasteiger partial charge in [0.15, 0.2) is 5.76 Å². The van der Waals surface area contributed by atoms with Crippen molar-refractivity contribution in [2.24, 2.45) is 5.92 Å². The number of furan rings is 1. The van der Waals surface area contributed by atoms with E-state index in [1.165, 1.54) is 0 Å². The summed E-state index contributed by atoms with van der Waals surface area (Å²) in [4.78, 5) is 12.5. The van der Waals surface area contributed by atoms with Gasteiger partial charge in [0.1, 0.15) is 5.76 Å². The summed E-state index contributed by atoms with van der Waals surface area (Å²) in [6.45, 7) is 4.81. The molecule has 0 aliphatic rings. The van der Waals surface area contributed by atoms with Crippen LogP contribution in [0.25, 0.3) is 0 Å². The van der Waals surface area contributed by atoms with E-state index in [0.717, 1.165) is 6.42 Å². The summed E-state index contributed by atoms with van der Waals surface area (Å²) in [6.07, 6.45) is 0.913. The molecule has 1 unspecified atom stereocenters. The average Bonchev–Trinajstić information content (AvgIpc) is 2.95. The van der Waals surface area contributed by atoms with Crippen LogP contribution in [0.1, 0.15) is 36.6 Å². The summed E-state index contributed by atoms with van der Waals surface area (Å²) < 4.78 is 17.8. The van der Waals surface area contributed by atoms with Crippen molar-refractivity contribution in [3.63, 3.8) is 0 Å². The molecule has 0 spiro atoms. The second-order valence-corrected chi connectivity index (χ2v) is 7.45. The molecule has 124 valence electrons. The number of carbonyl (C=O) groups excluding carboxylic acids is 1. The van der Waals surface area contributed by atoms with Crippen LogP contribution in [0, 0.1) is 5.92 Å². The highest BCUT2D eigenvalue weighted by atomic mass is 35.5. The molecule has 1 N–H and O–H groups in total. The van der Waals surface area contributed by atoms with E-state index in [9.17, 15) is 9.00 Å². The molecule has 0 aliphatic heterocycles. The fourth-order valence-corrected chi connectivity index (χ4v) is 3.45. The van der Waals surface area contributed by atoms with Crippen LogP contribution in [0.15, 0.2) is 45.7 Å². The Morgan fingerprint density at radius 3 is 2.70 bits per heavy atom. The lowest BCUT2D eigenvalue weighted by Gasteiger charge is -2.05. The van der Waals surface area contributed by atoms with Gasteiger partial charge < -0.3 is 9.73 Å². The highest BCUT2D eigenvalue weighted by molar-refractivity contribution is 7.84. The predicted molar refractivity (Wildman–Crippen MR) is 92.1 cm³/mol. The fourth-order valence-electron chi connectivity index (χ4n) is 1.98. The summed E-state index contributed by atoms with van der Waals surface area (Å²) in [5.74, 6) is 1.20. The number of hydrogen-bond donors (Lipinski definition) is 1. The first-order chi connectivity index (χ1) is 11.0. The van der Waals surface area contributed by atoms with Gasteiger partial charge >= 0.3 is 0 Å². The number of carbonyl (C=O) groups is 1. The van der Waals surface area contributed by atoms with Gasteiger partial charge in [-0.25, -0.2) is 0 Å². The number of rotatable bonds is 7. The van der Waals surface area contributed by atoms with Gasteiger partial charge in [-0.15, -0.1) is 0 Å². The molecule has 0 saturated heterocycles. The van der Waals surface area contributed by atoms with Gasteiger partial charge in [0.05, 0.1) is 26.5 Å². The van der Waals surface area contributed by atoms with E-state index in [1.807, 2.05) is 0 Å². The van der Waals surface area contributed by atoms with Crippen molar-refractivity contribution >= 4 is 28.3 Å². The minimum atomic E-state index is -1.31. The maximum absolute atomic E-state index is 12.3. The first-order valence-corrected chi connectivity index (χ1v) is 9.17. The predicted octanol–water partition coefficient (Wildman–Crippen LogP) is 4.02. The standard InChI is InChI=1S/C17H20ClNO3S/c1-12(2)9-10-19-17(20)15-8-7-13(22-15)11-23(21)16-6-4-3-5-14(16)18/h3-8,12H,9-11H2,1-2H3,(H,19,20). The molecule has 1 amide bonds. The summed E-state index contributed by atoms with van der Waals surface area (Å²) in [6, 6.07) is 10.3. The molecule has 0 fully saturated rings. The van der Waals surface area contributed by atoms with Gasteiger partial charge in [-0.3, -0.25) is 9.00 Å². The van der Waals surface area contributed by atoms with E-state index in [0.29, 0.717) is 28.1 Å². The van der Waals surface area contributed by atoms with E-state index in [4.69, 9.17) is 16.0 Å². The molecule has 1 aromatic carbocycles. The average molecular weight is 354 g/mol. The number of hydrogen-bond acceptors (Lipinski definition) is 3. The summed E-state index contributed by atoms with van der Waals surface area (Å²) in [5.41, 5.74) is 0. The summed E-state index contributed by atoms with van der Waals surface area (Å²) in [7, 11) is -1.31. The maximum atomic E-state index is 12.3. The highest BCUT2D eigenvalue weighted by Crippen LogP contribution is 2.22. The van der Waals surface area contributed by atoms with E-state index >= 15 is 0 Å². The van der Waals surface area contributed by atoms with Crippen LogP contribution in [0.4, 0.5) is 0 Å². The minimum Gasteiger partial charge on any atom is -0.455 e. The molecule has 2 aromatic rings. The Balaban J connectivity index is 1.95. The third-order valence-electron chi connectivity index (χ3n) is 3.25. The van der Waals surface area contributed by atoms with Gasteiger partial charge in [-0.05, 0) is 36.6 Å². The van der Waals surface area contributed by atoms with Gasteiger partial charge in [-0.1, -0.05) is 37.6 Å². The Morgan fingerprint density at radius 2 is 2.00 bits per heavy atom. The Morgan fingerprint density at radius 1 is 1.26 bits per heavy atom. The van der Waals surface area contributed by atoms with Gasteiger partial charge in [0, 0.05) is 6.54 Å². The zero-order valence-electron chi connectivity index (χ0n) is 13.2. The Labute approximate surface area is 143 Å². The quantitative estimate of drug-likeness (QED) is 0.817. The van der Waals surface area contributed by atoms with Gasteiger partial charge in [0.25, 0.3) is 5.91 Å². The maximum Gasteiger partial charge on any atom is 0.286 e. The molecule has 6 heteroatoms. The lowest BCUT2D eigenvalue weighted by atomic mass is 10.1. The first-order valence-electron chi connectivity index (χ1n) is 7.47. The Kier molecular flexibility index (Phi) is 6.42. The topological polar surface area (TPSA) is 59.3 Å². The highest BCUT2D eigenvalue weighted by Gasteiger charge is 2.14. The smallest absolute Gasteiger partial charge is 0.286 e. The number of halogens is 1. The molecule has 1 aromatic heterocycles. The van der Waals surface area contributed by atoms with Crippen LogP contribution in [0.2, 0.25) is 5.02 Å². The molecule has 4 nitrogen and oxygen atoms in total. The Bertz CT molecular complexity index is 697. The van der Waals surface area contributed by atoms with Crippen LogP contribution >= 0.6 is 11.6 Å². The van der Waals surface area contributed by atoms with E-state index in [-0.39, 0.29) is 17.4 Å². The largest absolute Gasteiger partial charge is 0.455 e. The third-order valence-corrected chi connectivity index (χ3v) is 5.08. The molecule has 0 radical (unpaired) electrons. The molecule has 1 heterocycles. The molecular formula is C17H20ClNO3S. The SMILES string of the molecule is CC(C)CCNC(=O)c1ccc(CS(=O)c2ccccc2Cl)o1. The van der Waals surface area contributed by atoms with E-state index in [1.54, 1.807) is 36.4 Å². The van der Waals surface area contributed by atoms with E-state index < -0.39 is 10.8 Å². The van der Waals surface area contributed by atoms with Crippen molar-refractivity contribution < 1.29 is 13.4 Å². The summed E-state index contributed by atoms with van der Waals surface area (Å²) >= 11 is 6.04. The molecule has 0 saturated carbocycles. The zero-order chi connectivity index (χ0) is 16.8. The van der Waals surface area contributed by atoms with Crippen LogP contribution in [-0.4, -0.2) is 16.7 Å². The summed E-state index contributed by atoms with van der Waals surface area (Å²) in [5, 5.41) is 3.27. The van der Waals surface area contributed by atoms with Crippen molar-refractivity contribution in [1.29, 1.82) is 0 Å². The lowest BCUT2D eigenvalue weighted by molar-refractivity contribution is 0.0923. The molecule has 0 bridgehead atoms. The number of benzene rings is 1. The van der Waals surface area contributed by atoms with Gasteiger partial charge in [0.2, 0.25) is 0 Å². The number of amides is 1. The first kappa shape index (κ1) is 17.8.